The van der Waals surface area contributed by atoms with Crippen LogP contribution in [0, 0.1) is 0 Å². The van der Waals surface area contributed by atoms with Crippen molar-refractivity contribution in [1.82, 2.24) is 10.2 Å². The van der Waals surface area contributed by atoms with Crippen molar-refractivity contribution in [3.63, 3.8) is 0 Å². The Hall–Kier alpha value is -2.31. The summed E-state index contributed by atoms with van der Waals surface area (Å²) in [7, 11) is 1.50. The van der Waals surface area contributed by atoms with Crippen LogP contribution in [0.15, 0.2) is 49.1 Å². The molecule has 0 aliphatic heterocycles. The predicted molar refractivity (Wildman–Crippen MR) is 100 cm³/mol. The molecule has 1 aromatic heterocycles. The number of amides is 2. The Morgan fingerprint density at radius 1 is 1.32 bits per heavy atom. The third-order valence-electron chi connectivity index (χ3n) is 3.43. The van der Waals surface area contributed by atoms with Gasteiger partial charge in [0.1, 0.15) is 5.75 Å². The molecule has 0 unspecified atom stereocenters. The lowest BCUT2D eigenvalue weighted by atomic mass is 10.2. The highest BCUT2D eigenvalue weighted by molar-refractivity contribution is 7.16. The molecule has 25 heavy (non-hydrogen) atoms. The second-order valence-electron chi connectivity index (χ2n) is 5.15. The number of carbonyl (C=O) groups is 2. The number of para-hydroxylation sites is 1. The molecule has 0 aliphatic rings. The molecule has 0 atom stereocenters. The molecule has 0 spiro atoms. The van der Waals surface area contributed by atoms with Crippen LogP contribution in [0.25, 0.3) is 0 Å². The van der Waals surface area contributed by atoms with Crippen LogP contribution in [-0.4, -0.2) is 36.9 Å². The maximum absolute atomic E-state index is 12.4. The first kappa shape index (κ1) is 19.0. The van der Waals surface area contributed by atoms with Crippen molar-refractivity contribution in [3.05, 3.63) is 63.8 Å². The van der Waals surface area contributed by atoms with Gasteiger partial charge in [-0.2, -0.15) is 0 Å². The number of thiophene rings is 1. The summed E-state index contributed by atoms with van der Waals surface area (Å²) in [6, 6.07) is 10.5. The van der Waals surface area contributed by atoms with E-state index < -0.39 is 0 Å². The molecule has 0 saturated carbocycles. The SMILES string of the molecule is C=CCN(Cc1ccc(Cl)s1)C(=O)CNC(=O)c1ccccc1OC. The van der Waals surface area contributed by atoms with E-state index >= 15 is 0 Å². The fourth-order valence-corrected chi connectivity index (χ4v) is 3.33. The van der Waals surface area contributed by atoms with Crippen LogP contribution in [0.5, 0.6) is 5.75 Å². The lowest BCUT2D eigenvalue weighted by molar-refractivity contribution is -0.130. The summed E-state index contributed by atoms with van der Waals surface area (Å²) in [6.45, 7) is 4.38. The number of ether oxygens (including phenoxy) is 1. The molecule has 2 rings (SSSR count). The summed E-state index contributed by atoms with van der Waals surface area (Å²) >= 11 is 7.34. The van der Waals surface area contributed by atoms with Crippen LogP contribution in [0.1, 0.15) is 15.2 Å². The maximum atomic E-state index is 12.4. The van der Waals surface area contributed by atoms with Gasteiger partial charge in [0.25, 0.3) is 5.91 Å². The second kappa shape index (κ2) is 9.25. The molecule has 1 heterocycles. The van der Waals surface area contributed by atoms with E-state index in [1.165, 1.54) is 18.4 Å². The number of nitrogens with one attached hydrogen (secondary N) is 1. The van der Waals surface area contributed by atoms with E-state index in [9.17, 15) is 9.59 Å². The first-order valence-corrected chi connectivity index (χ1v) is 8.78. The molecular formula is C18H19ClN2O3S. The van der Waals surface area contributed by atoms with Crippen molar-refractivity contribution in [2.75, 3.05) is 20.2 Å². The summed E-state index contributed by atoms with van der Waals surface area (Å²) in [5, 5.41) is 2.64. The van der Waals surface area contributed by atoms with E-state index in [0.29, 0.717) is 28.7 Å². The summed E-state index contributed by atoms with van der Waals surface area (Å²) in [4.78, 5) is 27.3. The summed E-state index contributed by atoms with van der Waals surface area (Å²) in [5.74, 6) is -0.0974. The normalized spacial score (nSPS) is 10.2. The Balaban J connectivity index is 1.98. The first-order chi connectivity index (χ1) is 12.0. The number of benzene rings is 1. The number of nitrogens with zero attached hydrogens (tertiary/aromatic N) is 1. The minimum Gasteiger partial charge on any atom is -0.496 e. The lowest BCUT2D eigenvalue weighted by Crippen LogP contribution is -2.39. The molecule has 0 bridgehead atoms. The van der Waals surface area contributed by atoms with E-state index in [1.807, 2.05) is 6.07 Å². The minimum atomic E-state index is -0.358. The van der Waals surface area contributed by atoms with Crippen molar-refractivity contribution < 1.29 is 14.3 Å². The third-order valence-corrected chi connectivity index (χ3v) is 4.65. The van der Waals surface area contributed by atoms with Gasteiger partial charge < -0.3 is 15.0 Å². The number of rotatable bonds is 8. The molecule has 0 aliphatic carbocycles. The average Bonchev–Trinajstić information content (AvgIpc) is 3.03. The van der Waals surface area contributed by atoms with E-state index in [0.717, 1.165) is 4.88 Å². The molecule has 1 N–H and O–H groups in total. The van der Waals surface area contributed by atoms with E-state index in [2.05, 4.69) is 11.9 Å². The second-order valence-corrected chi connectivity index (χ2v) is 6.95. The molecule has 0 fully saturated rings. The zero-order valence-corrected chi connectivity index (χ0v) is 15.4. The minimum absolute atomic E-state index is 0.107. The fourth-order valence-electron chi connectivity index (χ4n) is 2.23. The standard InChI is InChI=1S/C18H19ClN2O3S/c1-3-10-21(12-13-8-9-16(19)25-13)17(22)11-20-18(23)14-6-4-5-7-15(14)24-2/h3-9H,1,10-12H2,2H3,(H,20,23). The lowest BCUT2D eigenvalue weighted by Gasteiger charge is -2.20. The van der Waals surface area contributed by atoms with Gasteiger partial charge >= 0.3 is 0 Å². The summed E-state index contributed by atoms with van der Waals surface area (Å²) < 4.78 is 5.83. The molecule has 1 aromatic carbocycles. The monoisotopic (exact) mass is 378 g/mol. The van der Waals surface area contributed by atoms with Crippen LogP contribution >= 0.6 is 22.9 Å². The Labute approximate surface area is 155 Å². The van der Waals surface area contributed by atoms with Crippen molar-refractivity contribution in [2.45, 2.75) is 6.54 Å². The summed E-state index contributed by atoms with van der Waals surface area (Å²) in [5.41, 5.74) is 0.387. The highest BCUT2D eigenvalue weighted by Crippen LogP contribution is 2.22. The Kier molecular flexibility index (Phi) is 7.03. The van der Waals surface area contributed by atoms with Gasteiger partial charge in [0, 0.05) is 11.4 Å². The predicted octanol–water partition coefficient (Wildman–Crippen LogP) is 3.35. The van der Waals surface area contributed by atoms with Crippen LogP contribution in [0.2, 0.25) is 4.34 Å². The van der Waals surface area contributed by atoms with Gasteiger partial charge in [-0.25, -0.2) is 0 Å². The molecule has 0 saturated heterocycles. The number of methoxy groups -OCH3 is 1. The quantitative estimate of drug-likeness (QED) is 0.716. The highest BCUT2D eigenvalue weighted by Gasteiger charge is 2.17. The van der Waals surface area contributed by atoms with Crippen molar-refractivity contribution >= 4 is 34.8 Å². The summed E-state index contributed by atoms with van der Waals surface area (Å²) in [6.07, 6.45) is 1.65. The Bertz CT molecular complexity index is 760. The van der Waals surface area contributed by atoms with Gasteiger partial charge in [-0.3, -0.25) is 9.59 Å². The van der Waals surface area contributed by atoms with Gasteiger partial charge in [-0.1, -0.05) is 29.8 Å². The van der Waals surface area contributed by atoms with E-state index in [-0.39, 0.29) is 18.4 Å². The van der Waals surface area contributed by atoms with Crippen molar-refractivity contribution in [1.29, 1.82) is 0 Å². The molecule has 7 heteroatoms. The molecule has 5 nitrogen and oxygen atoms in total. The first-order valence-electron chi connectivity index (χ1n) is 7.59. The number of hydrogen-bond donors (Lipinski definition) is 1. The zero-order valence-electron chi connectivity index (χ0n) is 13.8. The van der Waals surface area contributed by atoms with Gasteiger partial charge in [0.15, 0.2) is 0 Å². The van der Waals surface area contributed by atoms with Crippen LogP contribution in [-0.2, 0) is 11.3 Å². The van der Waals surface area contributed by atoms with Crippen molar-refractivity contribution in [2.24, 2.45) is 0 Å². The number of hydrogen-bond acceptors (Lipinski definition) is 4. The van der Waals surface area contributed by atoms with E-state index in [4.69, 9.17) is 16.3 Å². The van der Waals surface area contributed by atoms with Gasteiger partial charge in [0.05, 0.1) is 30.1 Å². The number of carbonyl (C=O) groups excluding carboxylic acids is 2. The van der Waals surface area contributed by atoms with Crippen LogP contribution in [0.4, 0.5) is 0 Å². The van der Waals surface area contributed by atoms with Crippen LogP contribution < -0.4 is 10.1 Å². The molecule has 132 valence electrons. The van der Waals surface area contributed by atoms with Crippen LogP contribution in [0.3, 0.4) is 0 Å². The van der Waals surface area contributed by atoms with E-state index in [1.54, 1.807) is 41.3 Å². The molecular weight excluding hydrogens is 360 g/mol. The Morgan fingerprint density at radius 2 is 2.08 bits per heavy atom. The smallest absolute Gasteiger partial charge is 0.255 e. The van der Waals surface area contributed by atoms with Gasteiger partial charge in [0.2, 0.25) is 5.91 Å². The molecule has 2 aromatic rings. The largest absolute Gasteiger partial charge is 0.496 e. The topological polar surface area (TPSA) is 58.6 Å². The number of halogens is 1. The van der Waals surface area contributed by atoms with Gasteiger partial charge in [-0.05, 0) is 24.3 Å². The highest BCUT2D eigenvalue weighted by atomic mass is 35.5. The third kappa shape index (κ3) is 5.34. The molecule has 0 radical (unpaired) electrons. The molecule has 2 amide bonds. The average molecular weight is 379 g/mol. The fraction of sp³-hybridized carbons (Fsp3) is 0.222. The zero-order chi connectivity index (χ0) is 18.2. The Morgan fingerprint density at radius 3 is 2.72 bits per heavy atom. The van der Waals surface area contributed by atoms with Gasteiger partial charge in [-0.15, -0.1) is 17.9 Å². The maximum Gasteiger partial charge on any atom is 0.255 e. The van der Waals surface area contributed by atoms with Crippen molar-refractivity contribution in [3.8, 4) is 5.75 Å².